The van der Waals surface area contributed by atoms with Crippen LogP contribution in [0.5, 0.6) is 0 Å². The van der Waals surface area contributed by atoms with Crippen molar-refractivity contribution in [3.05, 3.63) is 32.7 Å². The fraction of sp³-hybridized carbons (Fsp3) is 0.0909. The number of nitrogens with one attached hydrogen (secondary N) is 1. The minimum atomic E-state index is -3.73. The summed E-state index contributed by atoms with van der Waals surface area (Å²) in [5, 5.41) is 0.959. The molecular formula is C11H10IN3O4S2. The number of fused-ring (bicyclic) bond motifs is 1. The Labute approximate surface area is 138 Å². The highest BCUT2D eigenvalue weighted by molar-refractivity contribution is 14.1. The molecule has 0 atom stereocenters. The van der Waals surface area contributed by atoms with Crippen LogP contribution < -0.4 is 11.2 Å². The lowest BCUT2D eigenvalue weighted by Crippen LogP contribution is -2.34. The number of aliphatic imine (C=N–C) groups is 1. The first-order valence-corrected chi connectivity index (χ1v) is 9.18. The number of hydrogen-bond acceptors (Lipinski definition) is 5. The van der Waals surface area contributed by atoms with Gasteiger partial charge in [-0.2, -0.15) is 13.4 Å². The zero-order chi connectivity index (χ0) is 15.6. The largest absolute Gasteiger partial charge is 0.368 e. The SMILES string of the molecule is CS(=O)(=O)ONC(N)=NC(=O)c1cc2c(I)cccc2s1. The van der Waals surface area contributed by atoms with E-state index in [1.54, 1.807) is 6.07 Å². The molecule has 0 aliphatic carbocycles. The minimum Gasteiger partial charge on any atom is -0.368 e. The van der Waals surface area contributed by atoms with Crippen molar-refractivity contribution in [3.8, 4) is 0 Å². The summed E-state index contributed by atoms with van der Waals surface area (Å²) in [5.74, 6) is -1.01. The van der Waals surface area contributed by atoms with Crippen molar-refractivity contribution in [2.75, 3.05) is 6.26 Å². The van der Waals surface area contributed by atoms with Gasteiger partial charge in [0.15, 0.2) is 0 Å². The highest BCUT2D eigenvalue weighted by Gasteiger charge is 2.12. The van der Waals surface area contributed by atoms with Crippen LogP contribution in [0.15, 0.2) is 29.3 Å². The van der Waals surface area contributed by atoms with Gasteiger partial charge in [0.25, 0.3) is 16.0 Å². The number of amides is 1. The third kappa shape index (κ3) is 4.36. The van der Waals surface area contributed by atoms with E-state index in [0.717, 1.165) is 19.9 Å². The maximum atomic E-state index is 12.0. The Bertz CT molecular complexity index is 829. The quantitative estimate of drug-likeness (QED) is 0.324. The van der Waals surface area contributed by atoms with E-state index in [9.17, 15) is 13.2 Å². The van der Waals surface area contributed by atoms with Gasteiger partial charge in [0.05, 0.1) is 11.1 Å². The molecule has 1 aromatic carbocycles. The van der Waals surface area contributed by atoms with Crippen LogP contribution in [0.4, 0.5) is 0 Å². The van der Waals surface area contributed by atoms with Crippen LogP contribution in [0, 0.1) is 3.57 Å². The Hall–Kier alpha value is -1.24. The number of carbonyl (C=O) groups is 1. The zero-order valence-electron chi connectivity index (χ0n) is 10.7. The van der Waals surface area contributed by atoms with Crippen LogP contribution in [0.3, 0.4) is 0 Å². The normalized spacial score (nSPS) is 12.6. The average Bonchev–Trinajstić information content (AvgIpc) is 2.81. The van der Waals surface area contributed by atoms with Gasteiger partial charge in [-0.1, -0.05) is 6.07 Å². The fourth-order valence-corrected chi connectivity index (χ4v) is 3.48. The monoisotopic (exact) mass is 439 g/mol. The molecule has 0 spiro atoms. The number of carbonyl (C=O) groups excluding carboxylic acids is 1. The van der Waals surface area contributed by atoms with Gasteiger partial charge in [-0.25, -0.2) is 5.48 Å². The van der Waals surface area contributed by atoms with E-state index < -0.39 is 22.0 Å². The number of halogens is 1. The summed E-state index contributed by atoms with van der Waals surface area (Å²) in [6.45, 7) is 0. The molecule has 0 aliphatic rings. The van der Waals surface area contributed by atoms with E-state index >= 15 is 0 Å². The van der Waals surface area contributed by atoms with E-state index in [-0.39, 0.29) is 0 Å². The van der Waals surface area contributed by atoms with Crippen LogP contribution in [0.2, 0.25) is 0 Å². The second kappa shape index (κ2) is 6.25. The van der Waals surface area contributed by atoms with Gasteiger partial charge >= 0.3 is 0 Å². The summed E-state index contributed by atoms with van der Waals surface area (Å²) in [6, 6.07) is 7.45. The van der Waals surface area contributed by atoms with E-state index in [0.29, 0.717) is 4.88 Å². The molecule has 112 valence electrons. The van der Waals surface area contributed by atoms with Gasteiger partial charge in [0.2, 0.25) is 5.96 Å². The number of hydrogen-bond donors (Lipinski definition) is 2. The minimum absolute atomic E-state index is 0.401. The van der Waals surface area contributed by atoms with Crippen molar-refractivity contribution in [2.45, 2.75) is 0 Å². The third-order valence-corrected chi connectivity index (χ3v) is 4.65. The lowest BCUT2D eigenvalue weighted by molar-refractivity contribution is 0.100. The van der Waals surface area contributed by atoms with Crippen molar-refractivity contribution < 1.29 is 17.5 Å². The molecule has 1 heterocycles. The lowest BCUT2D eigenvalue weighted by Gasteiger charge is -2.01. The van der Waals surface area contributed by atoms with Crippen molar-refractivity contribution in [1.29, 1.82) is 0 Å². The topological polar surface area (TPSA) is 111 Å². The van der Waals surface area contributed by atoms with Crippen molar-refractivity contribution in [3.63, 3.8) is 0 Å². The molecule has 0 fully saturated rings. The Balaban J connectivity index is 2.20. The number of benzene rings is 1. The number of nitrogens with zero attached hydrogens (tertiary/aromatic N) is 1. The molecule has 21 heavy (non-hydrogen) atoms. The summed E-state index contributed by atoms with van der Waals surface area (Å²) in [5.41, 5.74) is 7.27. The molecule has 2 rings (SSSR count). The Morgan fingerprint density at radius 3 is 2.81 bits per heavy atom. The molecule has 1 aromatic heterocycles. The second-order valence-corrected chi connectivity index (χ2v) is 7.77. The first-order valence-electron chi connectivity index (χ1n) is 5.47. The number of rotatable bonds is 3. The molecule has 10 heteroatoms. The van der Waals surface area contributed by atoms with Crippen molar-refractivity contribution in [1.82, 2.24) is 5.48 Å². The van der Waals surface area contributed by atoms with Crippen LogP contribution in [0.1, 0.15) is 9.67 Å². The third-order valence-electron chi connectivity index (χ3n) is 2.24. The molecule has 0 bridgehead atoms. The number of thiophene rings is 1. The van der Waals surface area contributed by atoms with Gasteiger partial charge < -0.3 is 5.73 Å². The van der Waals surface area contributed by atoms with Crippen LogP contribution in [0.25, 0.3) is 10.1 Å². The molecular weight excluding hydrogens is 429 g/mol. The summed E-state index contributed by atoms with van der Waals surface area (Å²) in [4.78, 5) is 15.9. The van der Waals surface area contributed by atoms with Gasteiger partial charge in [-0.15, -0.1) is 15.6 Å². The standard InChI is InChI=1S/C11H10IN3O4S2/c1-21(17,18)19-15-11(13)14-10(16)9-5-6-7(12)3-2-4-8(6)20-9/h2-5H,1H3,(H3,13,14,15,16). The Kier molecular flexibility index (Phi) is 4.81. The highest BCUT2D eigenvalue weighted by Crippen LogP contribution is 2.29. The molecule has 7 nitrogen and oxygen atoms in total. The first-order chi connectivity index (χ1) is 9.76. The lowest BCUT2D eigenvalue weighted by atomic mass is 10.2. The number of hydroxylamine groups is 1. The maximum Gasteiger partial charge on any atom is 0.290 e. The fourth-order valence-electron chi connectivity index (χ4n) is 1.44. The Morgan fingerprint density at radius 1 is 1.48 bits per heavy atom. The predicted molar refractivity (Wildman–Crippen MR) is 89.6 cm³/mol. The number of nitrogens with two attached hydrogens (primary N) is 1. The molecule has 0 aliphatic heterocycles. The highest BCUT2D eigenvalue weighted by atomic mass is 127. The molecule has 0 saturated carbocycles. The van der Waals surface area contributed by atoms with Crippen LogP contribution in [-0.4, -0.2) is 26.5 Å². The maximum absolute atomic E-state index is 12.0. The van der Waals surface area contributed by atoms with Gasteiger partial charge in [0, 0.05) is 13.7 Å². The predicted octanol–water partition coefficient (Wildman–Crippen LogP) is 1.44. The first kappa shape index (κ1) is 16.1. The molecule has 0 unspecified atom stereocenters. The summed E-state index contributed by atoms with van der Waals surface area (Å²) >= 11 is 3.46. The Morgan fingerprint density at radius 2 is 2.19 bits per heavy atom. The summed E-state index contributed by atoms with van der Waals surface area (Å²) in [7, 11) is -3.73. The number of guanidine groups is 1. The average molecular weight is 439 g/mol. The second-order valence-electron chi connectivity index (χ2n) is 3.95. The van der Waals surface area contributed by atoms with Gasteiger partial charge in [-0.3, -0.25) is 4.79 Å². The van der Waals surface area contributed by atoms with Gasteiger partial charge in [-0.05, 0) is 40.8 Å². The van der Waals surface area contributed by atoms with Crippen LogP contribution in [-0.2, 0) is 14.4 Å². The smallest absolute Gasteiger partial charge is 0.290 e. The molecule has 3 N–H and O–H groups in total. The van der Waals surface area contributed by atoms with E-state index in [4.69, 9.17) is 5.73 Å². The van der Waals surface area contributed by atoms with Crippen molar-refractivity contribution in [2.24, 2.45) is 10.7 Å². The zero-order valence-corrected chi connectivity index (χ0v) is 14.5. The van der Waals surface area contributed by atoms with E-state index in [1.165, 1.54) is 11.3 Å². The summed E-state index contributed by atoms with van der Waals surface area (Å²) in [6.07, 6.45) is 0.836. The molecule has 2 aromatic rings. The molecule has 0 saturated heterocycles. The van der Waals surface area contributed by atoms with E-state index in [1.807, 2.05) is 23.7 Å². The molecule has 0 radical (unpaired) electrons. The van der Waals surface area contributed by atoms with Gasteiger partial charge in [0.1, 0.15) is 0 Å². The molecule has 1 amide bonds. The summed E-state index contributed by atoms with van der Waals surface area (Å²) < 4.78 is 27.7. The van der Waals surface area contributed by atoms with E-state index in [2.05, 4.69) is 31.9 Å². The van der Waals surface area contributed by atoms with Crippen LogP contribution >= 0.6 is 33.9 Å². The van der Waals surface area contributed by atoms with Crippen molar-refractivity contribution >= 4 is 66.0 Å².